The van der Waals surface area contributed by atoms with Gasteiger partial charge in [0, 0.05) is 13.1 Å². The average molecular weight is 313 g/mol. The number of nitrogens with one attached hydrogen (secondary N) is 2. The molecule has 1 amide bonds. The van der Waals surface area contributed by atoms with Gasteiger partial charge in [0.15, 0.2) is 5.82 Å². The zero-order chi connectivity index (χ0) is 15.9. The molecule has 0 saturated heterocycles. The van der Waals surface area contributed by atoms with E-state index in [-0.39, 0.29) is 17.1 Å². The van der Waals surface area contributed by atoms with Crippen molar-refractivity contribution in [3.8, 4) is 0 Å². The van der Waals surface area contributed by atoms with Crippen LogP contribution in [0.4, 0.5) is 8.78 Å². The van der Waals surface area contributed by atoms with Crippen molar-refractivity contribution in [2.45, 2.75) is 31.2 Å². The average Bonchev–Trinajstić information content (AvgIpc) is 3.02. The largest absolute Gasteiger partial charge is 0.338 e. The summed E-state index contributed by atoms with van der Waals surface area (Å²) >= 11 is 0. The number of hydrogen-bond acceptors (Lipinski definition) is 5. The van der Waals surface area contributed by atoms with Crippen molar-refractivity contribution in [2.75, 3.05) is 0 Å². The molecule has 22 heavy (non-hydrogen) atoms. The minimum atomic E-state index is -2.86. The summed E-state index contributed by atoms with van der Waals surface area (Å²) in [5.41, 5.74) is -1.20. The van der Waals surface area contributed by atoms with Gasteiger partial charge in [0.2, 0.25) is 0 Å². The van der Waals surface area contributed by atoms with Crippen molar-refractivity contribution in [1.82, 2.24) is 25.2 Å². The number of halogens is 2. The van der Waals surface area contributed by atoms with E-state index in [0.717, 1.165) is 17.2 Å². The summed E-state index contributed by atoms with van der Waals surface area (Å²) in [6.45, 7) is 0. The third-order valence-corrected chi connectivity index (χ3v) is 3.75. The van der Waals surface area contributed by atoms with Gasteiger partial charge in [0.05, 0.1) is 0 Å². The molecule has 8 nitrogen and oxygen atoms in total. The Bertz CT molecular complexity index is 759. The first kappa shape index (κ1) is 14.4. The highest BCUT2D eigenvalue weighted by Gasteiger charge is 2.45. The van der Waals surface area contributed by atoms with E-state index in [1.165, 1.54) is 7.05 Å². The second-order valence-corrected chi connectivity index (χ2v) is 5.21. The molecule has 0 atom stereocenters. The van der Waals surface area contributed by atoms with Crippen molar-refractivity contribution in [3.63, 3.8) is 0 Å². The number of alkyl halides is 2. The lowest BCUT2D eigenvalue weighted by Crippen LogP contribution is -2.51. The van der Waals surface area contributed by atoms with Gasteiger partial charge in [-0.3, -0.25) is 19.4 Å². The number of aromatic amines is 1. The third-order valence-electron chi connectivity index (χ3n) is 3.75. The molecule has 1 aliphatic carbocycles. The molecule has 1 fully saturated rings. The molecular formula is C12H13F2N5O3. The predicted molar refractivity (Wildman–Crippen MR) is 68.3 cm³/mol. The maximum atomic E-state index is 12.5. The van der Waals surface area contributed by atoms with E-state index in [1.807, 2.05) is 0 Å². The molecule has 0 bridgehead atoms. The van der Waals surface area contributed by atoms with Crippen LogP contribution in [-0.4, -0.2) is 25.8 Å². The van der Waals surface area contributed by atoms with Crippen molar-refractivity contribution in [1.29, 1.82) is 0 Å². The first-order chi connectivity index (χ1) is 10.4. The molecule has 0 radical (unpaired) electrons. The molecule has 1 saturated carbocycles. The summed E-state index contributed by atoms with van der Waals surface area (Å²) in [6.07, 6.45) is -1.04. The zero-order valence-corrected chi connectivity index (χ0v) is 11.6. The van der Waals surface area contributed by atoms with Crippen LogP contribution in [0.25, 0.3) is 0 Å². The second kappa shape index (κ2) is 5.04. The number of aryl methyl sites for hydroxylation is 1. The van der Waals surface area contributed by atoms with E-state index in [4.69, 9.17) is 0 Å². The molecule has 0 spiro atoms. The Hall–Kier alpha value is -2.52. The van der Waals surface area contributed by atoms with Crippen LogP contribution in [0.3, 0.4) is 0 Å². The lowest BCUT2D eigenvalue weighted by molar-refractivity contribution is 0.0798. The highest BCUT2D eigenvalue weighted by Crippen LogP contribution is 2.40. The van der Waals surface area contributed by atoms with Crippen molar-refractivity contribution in [3.05, 3.63) is 33.8 Å². The number of carbonyl (C=O) groups excluding carboxylic acids is 1. The summed E-state index contributed by atoms with van der Waals surface area (Å²) in [5, 5.41) is 8.84. The van der Waals surface area contributed by atoms with Gasteiger partial charge in [-0.15, -0.1) is 0 Å². The van der Waals surface area contributed by atoms with Crippen LogP contribution in [0.1, 0.15) is 47.9 Å². The molecule has 118 valence electrons. The molecule has 2 aromatic rings. The van der Waals surface area contributed by atoms with Crippen molar-refractivity contribution in [2.24, 2.45) is 7.05 Å². The quantitative estimate of drug-likeness (QED) is 0.870. The first-order valence-corrected chi connectivity index (χ1v) is 6.62. The van der Waals surface area contributed by atoms with Gasteiger partial charge in [0.25, 0.3) is 17.4 Å². The molecule has 2 heterocycles. The fourth-order valence-electron chi connectivity index (χ4n) is 2.34. The van der Waals surface area contributed by atoms with E-state index >= 15 is 0 Å². The lowest BCUT2D eigenvalue weighted by Gasteiger charge is -2.39. The zero-order valence-electron chi connectivity index (χ0n) is 11.6. The smallest absolute Gasteiger partial charge is 0.315 e. The van der Waals surface area contributed by atoms with Crippen molar-refractivity contribution >= 4 is 5.91 Å². The van der Waals surface area contributed by atoms with Crippen LogP contribution >= 0.6 is 0 Å². The summed E-state index contributed by atoms with van der Waals surface area (Å²) < 4.78 is 30.7. The van der Waals surface area contributed by atoms with Gasteiger partial charge < -0.3 is 9.84 Å². The molecule has 2 N–H and O–H groups in total. The van der Waals surface area contributed by atoms with Gasteiger partial charge >= 0.3 is 6.43 Å². The van der Waals surface area contributed by atoms with Crippen molar-refractivity contribution < 1.29 is 18.1 Å². The predicted octanol–water partition coefficient (Wildman–Crippen LogP) is 0.843. The molecule has 3 rings (SSSR count). The summed E-state index contributed by atoms with van der Waals surface area (Å²) in [7, 11) is 1.48. The van der Waals surface area contributed by atoms with Gasteiger partial charge in [-0.05, 0) is 19.3 Å². The minimum Gasteiger partial charge on any atom is -0.338 e. The number of rotatable bonds is 4. The normalized spacial score (nSPS) is 16.5. The molecule has 10 heteroatoms. The highest BCUT2D eigenvalue weighted by molar-refractivity contribution is 5.92. The van der Waals surface area contributed by atoms with E-state index in [9.17, 15) is 18.4 Å². The number of nitrogens with zero attached hydrogens (tertiary/aromatic N) is 3. The van der Waals surface area contributed by atoms with Gasteiger partial charge in [-0.2, -0.15) is 13.8 Å². The molecular weight excluding hydrogens is 300 g/mol. The summed E-state index contributed by atoms with van der Waals surface area (Å²) in [5.74, 6) is -1.27. The Kier molecular flexibility index (Phi) is 3.30. The Balaban J connectivity index is 1.84. The lowest BCUT2D eigenvalue weighted by atomic mass is 9.76. The molecule has 0 unspecified atom stereocenters. The molecule has 0 aliphatic heterocycles. The Morgan fingerprint density at radius 3 is 2.73 bits per heavy atom. The molecule has 0 aromatic carbocycles. The van der Waals surface area contributed by atoms with Gasteiger partial charge in [0.1, 0.15) is 11.2 Å². The standard InChI is InChI=1S/C12H13F2N5O3/c1-19-7(20)5-6(17-19)9(21)16-12(3-2-4-12)11-15-10(8(13)14)22-18-11/h5,8,17H,2-4H2,1H3,(H,16,21). The van der Waals surface area contributed by atoms with Gasteiger partial charge in [-0.25, -0.2) is 0 Å². The van der Waals surface area contributed by atoms with E-state index in [1.54, 1.807) is 0 Å². The Labute approximate surface area is 122 Å². The fourth-order valence-corrected chi connectivity index (χ4v) is 2.34. The topological polar surface area (TPSA) is 106 Å². The number of hydrogen-bond donors (Lipinski definition) is 2. The van der Waals surface area contributed by atoms with Crippen LogP contribution in [-0.2, 0) is 12.6 Å². The van der Waals surface area contributed by atoms with Crippen LogP contribution in [0.15, 0.2) is 15.4 Å². The van der Waals surface area contributed by atoms with E-state index in [0.29, 0.717) is 12.8 Å². The second-order valence-electron chi connectivity index (χ2n) is 5.21. The van der Waals surface area contributed by atoms with Crippen LogP contribution < -0.4 is 10.9 Å². The van der Waals surface area contributed by atoms with Crippen LogP contribution in [0.5, 0.6) is 0 Å². The number of amides is 1. The summed E-state index contributed by atoms with van der Waals surface area (Å²) in [4.78, 5) is 27.2. The van der Waals surface area contributed by atoms with Crippen LogP contribution in [0.2, 0.25) is 0 Å². The highest BCUT2D eigenvalue weighted by atomic mass is 19.3. The summed E-state index contributed by atoms with van der Waals surface area (Å²) in [6, 6.07) is 1.16. The number of H-pyrrole nitrogens is 1. The van der Waals surface area contributed by atoms with E-state index < -0.39 is 23.8 Å². The maximum Gasteiger partial charge on any atom is 0.315 e. The molecule has 2 aromatic heterocycles. The monoisotopic (exact) mass is 313 g/mol. The third kappa shape index (κ3) is 2.30. The number of carbonyl (C=O) groups is 1. The molecule has 1 aliphatic rings. The fraction of sp³-hybridized carbons (Fsp3) is 0.500. The Morgan fingerprint density at radius 2 is 2.27 bits per heavy atom. The van der Waals surface area contributed by atoms with E-state index in [2.05, 4.69) is 25.1 Å². The first-order valence-electron chi connectivity index (χ1n) is 6.62. The Morgan fingerprint density at radius 1 is 1.55 bits per heavy atom. The van der Waals surface area contributed by atoms with Crippen LogP contribution in [0, 0.1) is 0 Å². The minimum absolute atomic E-state index is 0.0284. The number of aromatic nitrogens is 4. The maximum absolute atomic E-state index is 12.5. The van der Waals surface area contributed by atoms with Gasteiger partial charge in [-0.1, -0.05) is 5.16 Å². The SMILES string of the molecule is Cn1[nH]c(C(=O)NC2(c3noc(C(F)F)n3)CCC2)cc1=O.